The number of hydrogen-bond donors (Lipinski definition) is 1. The van der Waals surface area contributed by atoms with Crippen LogP contribution in [-0.2, 0) is 16.0 Å². The number of nitrogens with zero attached hydrogens (tertiary/aromatic N) is 2. The minimum absolute atomic E-state index is 0.0117. The maximum Gasteiger partial charge on any atom is 0.411 e. The largest absolute Gasteiger partial charge is 0.448 e. The van der Waals surface area contributed by atoms with Crippen LogP contribution in [0.5, 0.6) is 0 Å². The fraction of sp³-hybridized carbons (Fsp3) is 0.353. The lowest BCUT2D eigenvalue weighted by molar-refractivity contribution is 0.0139. The molecule has 1 fully saturated rings. The van der Waals surface area contributed by atoms with E-state index in [1.807, 2.05) is 58.0 Å². The van der Waals surface area contributed by atoms with Crippen molar-refractivity contribution in [3.8, 4) is 23.5 Å². The van der Waals surface area contributed by atoms with Gasteiger partial charge in [-0.3, -0.25) is 10.2 Å². The molecule has 1 saturated heterocycles. The van der Waals surface area contributed by atoms with Gasteiger partial charge in [0.1, 0.15) is 12.2 Å². The van der Waals surface area contributed by atoms with Gasteiger partial charge < -0.3 is 14.4 Å². The molecule has 1 aliphatic heterocycles. The fourth-order valence-electron chi connectivity index (χ4n) is 5.57. The van der Waals surface area contributed by atoms with Crippen LogP contribution < -0.4 is 5.32 Å². The SMILES string of the molecule is C#Cc1cc(NC(=O)OCC2c3ccccc3-c3ccccc32)cc(CN2CCN(C(=O)OC(C)(C)C)CC2)c1C. The maximum absolute atomic E-state index is 12.9. The number of ether oxygens (including phenoxy) is 2. The summed E-state index contributed by atoms with van der Waals surface area (Å²) in [6.45, 7) is 11.1. The second kappa shape index (κ2) is 11.7. The number of fused-ring (bicyclic) bond motifs is 3. The Hall–Kier alpha value is -4.28. The van der Waals surface area contributed by atoms with Crippen molar-refractivity contribution in [2.24, 2.45) is 0 Å². The molecule has 3 aromatic rings. The van der Waals surface area contributed by atoms with Gasteiger partial charge in [0.15, 0.2) is 0 Å². The minimum Gasteiger partial charge on any atom is -0.448 e. The van der Waals surface area contributed by atoms with Crippen molar-refractivity contribution >= 4 is 17.9 Å². The Kier molecular flexibility index (Phi) is 8.05. The van der Waals surface area contributed by atoms with Gasteiger partial charge in [0.05, 0.1) is 0 Å². The molecule has 0 unspecified atom stereocenters. The van der Waals surface area contributed by atoms with Crippen molar-refractivity contribution in [3.63, 3.8) is 0 Å². The average Bonchev–Trinajstić information content (AvgIpc) is 3.26. The lowest BCUT2D eigenvalue weighted by atomic mass is 9.98. The van der Waals surface area contributed by atoms with Crippen LogP contribution in [0.25, 0.3) is 11.1 Å². The van der Waals surface area contributed by atoms with E-state index in [2.05, 4.69) is 40.4 Å². The molecular formula is C34H37N3O4. The summed E-state index contributed by atoms with van der Waals surface area (Å²) in [7, 11) is 0. The van der Waals surface area contributed by atoms with E-state index in [1.165, 1.54) is 22.3 Å². The summed E-state index contributed by atoms with van der Waals surface area (Å²) in [6, 6.07) is 20.3. The first kappa shape index (κ1) is 28.3. The Balaban J connectivity index is 1.22. The summed E-state index contributed by atoms with van der Waals surface area (Å²) in [5, 5.41) is 2.89. The molecule has 212 valence electrons. The first-order valence-corrected chi connectivity index (χ1v) is 14.1. The molecule has 2 amide bonds. The zero-order valence-electron chi connectivity index (χ0n) is 24.2. The van der Waals surface area contributed by atoms with Crippen LogP contribution in [0.1, 0.15) is 54.5 Å². The standard InChI is InChI=1S/C34H37N3O4/c1-6-24-19-26(20-25(23(24)2)21-36-15-17-37(18-16-36)33(39)41-34(3,4)5)35-32(38)40-22-31-29-13-9-7-11-27(29)28-12-8-10-14-30(28)31/h1,7-14,19-20,31H,15-18,21-22H2,2-5H3,(H,35,38). The van der Waals surface area contributed by atoms with Crippen LogP contribution in [0.4, 0.5) is 15.3 Å². The molecule has 1 heterocycles. The first-order chi connectivity index (χ1) is 19.6. The van der Waals surface area contributed by atoms with Crippen LogP contribution in [0.3, 0.4) is 0 Å². The summed E-state index contributed by atoms with van der Waals surface area (Å²) in [5.41, 5.74) is 7.54. The van der Waals surface area contributed by atoms with Gasteiger partial charge >= 0.3 is 12.2 Å². The Labute approximate surface area is 242 Å². The quantitative estimate of drug-likeness (QED) is 0.372. The topological polar surface area (TPSA) is 71.1 Å². The van der Waals surface area contributed by atoms with Crippen molar-refractivity contribution < 1.29 is 19.1 Å². The second-order valence-electron chi connectivity index (χ2n) is 11.6. The van der Waals surface area contributed by atoms with E-state index in [0.29, 0.717) is 38.4 Å². The van der Waals surface area contributed by atoms with Crippen LogP contribution in [0.15, 0.2) is 60.7 Å². The van der Waals surface area contributed by atoms with Gasteiger partial charge in [-0.2, -0.15) is 0 Å². The molecule has 41 heavy (non-hydrogen) atoms. The fourth-order valence-corrected chi connectivity index (χ4v) is 5.57. The lowest BCUT2D eigenvalue weighted by Gasteiger charge is -2.35. The van der Waals surface area contributed by atoms with Crippen LogP contribution in [0.2, 0.25) is 0 Å². The first-order valence-electron chi connectivity index (χ1n) is 14.1. The van der Waals surface area contributed by atoms with Crippen molar-refractivity contribution in [1.82, 2.24) is 9.80 Å². The highest BCUT2D eigenvalue weighted by atomic mass is 16.6. The van der Waals surface area contributed by atoms with Crippen LogP contribution in [-0.4, -0.2) is 60.4 Å². The second-order valence-corrected chi connectivity index (χ2v) is 11.6. The molecule has 0 atom stereocenters. The number of amides is 2. The van der Waals surface area contributed by atoms with Gasteiger partial charge in [-0.05, 0) is 73.2 Å². The van der Waals surface area contributed by atoms with E-state index in [-0.39, 0.29) is 18.6 Å². The van der Waals surface area contributed by atoms with Gasteiger partial charge in [-0.1, -0.05) is 54.5 Å². The number of hydrogen-bond acceptors (Lipinski definition) is 5. The highest BCUT2D eigenvalue weighted by molar-refractivity contribution is 5.86. The Morgan fingerprint density at radius 1 is 0.976 bits per heavy atom. The van der Waals surface area contributed by atoms with Gasteiger partial charge in [0.25, 0.3) is 0 Å². The number of anilines is 1. The molecule has 1 N–H and O–H groups in total. The lowest BCUT2D eigenvalue weighted by Crippen LogP contribution is -2.49. The van der Waals surface area contributed by atoms with E-state index in [9.17, 15) is 9.59 Å². The molecule has 0 spiro atoms. The smallest absolute Gasteiger partial charge is 0.411 e. The van der Waals surface area contributed by atoms with E-state index in [4.69, 9.17) is 15.9 Å². The number of carbonyl (C=O) groups excluding carboxylic acids is 2. The molecule has 7 nitrogen and oxygen atoms in total. The number of terminal acetylenes is 1. The van der Waals surface area contributed by atoms with Crippen molar-refractivity contribution in [1.29, 1.82) is 0 Å². The van der Waals surface area contributed by atoms with E-state index in [0.717, 1.165) is 16.7 Å². The molecule has 0 saturated carbocycles. The molecule has 2 aliphatic rings. The van der Waals surface area contributed by atoms with E-state index in [1.54, 1.807) is 11.0 Å². The average molecular weight is 552 g/mol. The van der Waals surface area contributed by atoms with Gasteiger partial charge in [0, 0.05) is 49.9 Å². The summed E-state index contributed by atoms with van der Waals surface area (Å²) in [4.78, 5) is 29.4. The Morgan fingerprint density at radius 2 is 1.59 bits per heavy atom. The molecular weight excluding hydrogens is 514 g/mol. The van der Waals surface area contributed by atoms with E-state index < -0.39 is 11.7 Å². The van der Waals surface area contributed by atoms with Crippen LogP contribution >= 0.6 is 0 Å². The van der Waals surface area contributed by atoms with E-state index >= 15 is 0 Å². The third-order valence-electron chi connectivity index (χ3n) is 7.68. The van der Waals surface area contributed by atoms with Crippen molar-refractivity contribution in [2.45, 2.75) is 45.8 Å². The highest BCUT2D eigenvalue weighted by Gasteiger charge is 2.29. The predicted molar refractivity (Wildman–Crippen MR) is 161 cm³/mol. The van der Waals surface area contributed by atoms with Gasteiger partial charge in [0.2, 0.25) is 0 Å². The third-order valence-corrected chi connectivity index (χ3v) is 7.68. The zero-order chi connectivity index (χ0) is 29.1. The molecule has 7 heteroatoms. The molecule has 0 radical (unpaired) electrons. The summed E-state index contributed by atoms with van der Waals surface area (Å²) in [5.74, 6) is 2.74. The summed E-state index contributed by atoms with van der Waals surface area (Å²) < 4.78 is 11.3. The molecule has 0 bridgehead atoms. The third kappa shape index (κ3) is 6.39. The molecule has 5 rings (SSSR count). The monoisotopic (exact) mass is 551 g/mol. The predicted octanol–water partition coefficient (Wildman–Crippen LogP) is 6.39. The van der Waals surface area contributed by atoms with Gasteiger partial charge in [-0.15, -0.1) is 6.42 Å². The molecule has 0 aromatic heterocycles. The van der Waals surface area contributed by atoms with Gasteiger partial charge in [-0.25, -0.2) is 9.59 Å². The maximum atomic E-state index is 12.9. The number of rotatable bonds is 5. The molecule has 1 aliphatic carbocycles. The normalized spacial score (nSPS) is 15.0. The Bertz CT molecular complexity index is 1450. The minimum atomic E-state index is -0.518. The molecule has 3 aromatic carbocycles. The van der Waals surface area contributed by atoms with Crippen LogP contribution in [0, 0.1) is 19.3 Å². The number of carbonyl (C=O) groups is 2. The Morgan fingerprint density at radius 3 is 2.17 bits per heavy atom. The number of nitrogens with one attached hydrogen (secondary N) is 1. The highest BCUT2D eigenvalue weighted by Crippen LogP contribution is 2.44. The summed E-state index contributed by atoms with van der Waals surface area (Å²) >= 11 is 0. The zero-order valence-corrected chi connectivity index (χ0v) is 24.2. The number of benzene rings is 3. The van der Waals surface area contributed by atoms with Crippen molar-refractivity contribution in [3.05, 3.63) is 88.5 Å². The van der Waals surface area contributed by atoms with Crippen molar-refractivity contribution in [2.75, 3.05) is 38.1 Å². The summed E-state index contributed by atoms with van der Waals surface area (Å²) in [6.07, 6.45) is 5.02. The number of piperazine rings is 1.